The molecule has 0 aromatic rings. The van der Waals surface area contributed by atoms with Crippen LogP contribution in [0, 0.1) is 5.41 Å². The molecule has 0 fully saturated rings. The van der Waals surface area contributed by atoms with Crippen LogP contribution in [0.15, 0.2) is 11.6 Å². The summed E-state index contributed by atoms with van der Waals surface area (Å²) < 4.78 is 0. The van der Waals surface area contributed by atoms with Gasteiger partial charge in [0.25, 0.3) is 0 Å². The Labute approximate surface area is 68.5 Å². The summed E-state index contributed by atoms with van der Waals surface area (Å²) in [5.74, 6) is 0. The van der Waals surface area contributed by atoms with Crippen molar-refractivity contribution in [1.82, 2.24) is 0 Å². The van der Waals surface area contributed by atoms with E-state index in [0.29, 0.717) is 11.8 Å². The van der Waals surface area contributed by atoms with Gasteiger partial charge in [-0.1, -0.05) is 25.5 Å². The normalized spacial score (nSPS) is 22.5. The van der Waals surface area contributed by atoms with Crippen molar-refractivity contribution >= 4 is 6.29 Å². The maximum atomic E-state index is 10.2. The third kappa shape index (κ3) is 2.49. The molecule has 0 aromatic heterocycles. The Hall–Kier alpha value is -0.590. The molecule has 0 N–H and O–H groups in total. The highest BCUT2D eigenvalue weighted by molar-refractivity contribution is 5.54. The third-order valence-electron chi connectivity index (χ3n) is 2.41. The molecule has 0 bridgehead atoms. The maximum Gasteiger partial charge on any atom is 0.124 e. The topological polar surface area (TPSA) is 17.1 Å². The molecule has 0 saturated heterocycles. The van der Waals surface area contributed by atoms with Gasteiger partial charge in [-0.2, -0.15) is 0 Å². The molecular weight excluding hydrogens is 136 g/mol. The lowest BCUT2D eigenvalue weighted by Crippen LogP contribution is -2.14. The van der Waals surface area contributed by atoms with E-state index in [9.17, 15) is 4.79 Å². The lowest BCUT2D eigenvalue weighted by Gasteiger charge is -2.27. The molecule has 0 radical (unpaired) electrons. The fraction of sp³-hybridized carbons (Fsp3) is 0.700. The molecule has 0 atom stereocenters. The van der Waals surface area contributed by atoms with Gasteiger partial charge in [-0.25, -0.2) is 0 Å². The molecular formula is C10H16O. The van der Waals surface area contributed by atoms with Gasteiger partial charge in [0, 0.05) is 6.42 Å². The first kappa shape index (κ1) is 8.51. The molecule has 11 heavy (non-hydrogen) atoms. The molecule has 0 spiro atoms. The van der Waals surface area contributed by atoms with Gasteiger partial charge in [0.15, 0.2) is 0 Å². The van der Waals surface area contributed by atoms with E-state index < -0.39 is 0 Å². The molecule has 1 rings (SSSR count). The summed E-state index contributed by atoms with van der Waals surface area (Å²) in [4.78, 5) is 10.2. The molecule has 0 aliphatic heterocycles. The summed E-state index contributed by atoms with van der Waals surface area (Å²) >= 11 is 0. The molecule has 1 heteroatoms. The average molecular weight is 152 g/mol. The summed E-state index contributed by atoms with van der Waals surface area (Å²) in [5, 5.41) is 0. The van der Waals surface area contributed by atoms with Crippen molar-refractivity contribution in [3.8, 4) is 0 Å². The summed E-state index contributed by atoms with van der Waals surface area (Å²) in [6.07, 6.45) is 7.37. The zero-order valence-corrected chi connectivity index (χ0v) is 7.39. The second-order valence-corrected chi connectivity index (χ2v) is 4.10. The van der Waals surface area contributed by atoms with Crippen LogP contribution in [-0.2, 0) is 4.79 Å². The third-order valence-corrected chi connectivity index (χ3v) is 2.41. The van der Waals surface area contributed by atoms with Crippen molar-refractivity contribution in [3.05, 3.63) is 11.6 Å². The average Bonchev–Trinajstić information content (AvgIpc) is 1.94. The van der Waals surface area contributed by atoms with Crippen molar-refractivity contribution in [3.63, 3.8) is 0 Å². The maximum absolute atomic E-state index is 10.2. The first-order chi connectivity index (χ1) is 5.14. The second-order valence-electron chi connectivity index (χ2n) is 4.10. The minimum Gasteiger partial charge on any atom is -0.303 e. The summed E-state index contributed by atoms with van der Waals surface area (Å²) in [5.41, 5.74) is 1.80. The first-order valence-electron chi connectivity index (χ1n) is 4.26. The Morgan fingerprint density at radius 1 is 1.64 bits per heavy atom. The van der Waals surface area contributed by atoms with Crippen LogP contribution in [-0.4, -0.2) is 6.29 Å². The lowest BCUT2D eigenvalue weighted by molar-refractivity contribution is -0.107. The summed E-state index contributed by atoms with van der Waals surface area (Å²) in [6, 6.07) is 0. The fourth-order valence-corrected chi connectivity index (χ4v) is 1.42. The van der Waals surface area contributed by atoms with Gasteiger partial charge in [0.1, 0.15) is 6.29 Å². The highest BCUT2D eigenvalue weighted by atomic mass is 16.1. The van der Waals surface area contributed by atoms with Crippen LogP contribution in [0.1, 0.15) is 39.5 Å². The van der Waals surface area contributed by atoms with E-state index in [4.69, 9.17) is 0 Å². The van der Waals surface area contributed by atoms with Crippen molar-refractivity contribution in [2.24, 2.45) is 5.41 Å². The standard InChI is InChI=1S/C10H16O/c1-10(2)6-3-9(4-7-10)5-8-11/h3,8H,4-7H2,1-2H3. The number of aldehydes is 1. The van der Waals surface area contributed by atoms with Gasteiger partial charge in [0.05, 0.1) is 0 Å². The molecule has 1 nitrogen and oxygen atoms in total. The quantitative estimate of drug-likeness (QED) is 0.439. The van der Waals surface area contributed by atoms with Gasteiger partial charge in [-0.05, 0) is 24.7 Å². The van der Waals surface area contributed by atoms with Gasteiger partial charge in [-0.3, -0.25) is 0 Å². The number of rotatable bonds is 2. The Morgan fingerprint density at radius 2 is 2.36 bits per heavy atom. The SMILES string of the molecule is CC1(C)CC=C(CC=O)CC1. The van der Waals surface area contributed by atoms with Crippen LogP contribution in [0.2, 0.25) is 0 Å². The molecule has 0 saturated carbocycles. The largest absolute Gasteiger partial charge is 0.303 e. The Morgan fingerprint density at radius 3 is 2.82 bits per heavy atom. The molecule has 1 aliphatic carbocycles. The van der Waals surface area contributed by atoms with E-state index in [0.717, 1.165) is 19.1 Å². The van der Waals surface area contributed by atoms with E-state index in [1.54, 1.807) is 0 Å². The van der Waals surface area contributed by atoms with Gasteiger partial charge >= 0.3 is 0 Å². The molecule has 0 amide bonds. The van der Waals surface area contributed by atoms with Crippen LogP contribution in [0.25, 0.3) is 0 Å². The second kappa shape index (κ2) is 3.21. The zero-order valence-electron chi connectivity index (χ0n) is 7.39. The Kier molecular flexibility index (Phi) is 2.48. The van der Waals surface area contributed by atoms with Crippen molar-refractivity contribution < 1.29 is 4.79 Å². The van der Waals surface area contributed by atoms with Crippen molar-refractivity contribution in [2.45, 2.75) is 39.5 Å². The van der Waals surface area contributed by atoms with Crippen LogP contribution < -0.4 is 0 Å². The molecule has 0 heterocycles. The summed E-state index contributed by atoms with van der Waals surface area (Å²) in [7, 11) is 0. The van der Waals surface area contributed by atoms with Gasteiger partial charge in [-0.15, -0.1) is 0 Å². The predicted molar refractivity (Wildman–Crippen MR) is 46.4 cm³/mol. The Balaban J connectivity index is 2.50. The number of carbonyl (C=O) groups is 1. The number of hydrogen-bond donors (Lipinski definition) is 0. The highest BCUT2D eigenvalue weighted by Gasteiger charge is 2.20. The number of carbonyl (C=O) groups excluding carboxylic acids is 1. The van der Waals surface area contributed by atoms with Gasteiger partial charge < -0.3 is 4.79 Å². The molecule has 0 aromatic carbocycles. The van der Waals surface area contributed by atoms with Crippen LogP contribution in [0.4, 0.5) is 0 Å². The van der Waals surface area contributed by atoms with E-state index in [2.05, 4.69) is 19.9 Å². The van der Waals surface area contributed by atoms with E-state index in [1.165, 1.54) is 12.0 Å². The minimum absolute atomic E-state index is 0.465. The number of hydrogen-bond acceptors (Lipinski definition) is 1. The van der Waals surface area contributed by atoms with Crippen molar-refractivity contribution in [2.75, 3.05) is 0 Å². The molecule has 1 aliphatic rings. The van der Waals surface area contributed by atoms with Gasteiger partial charge in [0.2, 0.25) is 0 Å². The minimum atomic E-state index is 0.465. The Bertz CT molecular complexity index is 177. The van der Waals surface area contributed by atoms with Crippen LogP contribution in [0.3, 0.4) is 0 Å². The van der Waals surface area contributed by atoms with E-state index in [-0.39, 0.29) is 0 Å². The fourth-order valence-electron chi connectivity index (χ4n) is 1.42. The van der Waals surface area contributed by atoms with Crippen LogP contribution >= 0.6 is 0 Å². The summed E-state index contributed by atoms with van der Waals surface area (Å²) in [6.45, 7) is 4.56. The highest BCUT2D eigenvalue weighted by Crippen LogP contribution is 2.34. The molecule has 62 valence electrons. The smallest absolute Gasteiger partial charge is 0.124 e. The van der Waals surface area contributed by atoms with E-state index >= 15 is 0 Å². The lowest BCUT2D eigenvalue weighted by atomic mass is 9.78. The van der Waals surface area contributed by atoms with Crippen molar-refractivity contribution in [1.29, 1.82) is 0 Å². The first-order valence-corrected chi connectivity index (χ1v) is 4.26. The zero-order chi connectivity index (χ0) is 8.32. The van der Waals surface area contributed by atoms with E-state index in [1.807, 2.05) is 0 Å². The monoisotopic (exact) mass is 152 g/mol. The van der Waals surface area contributed by atoms with Crippen LogP contribution in [0.5, 0.6) is 0 Å². The predicted octanol–water partition coefficient (Wildman–Crippen LogP) is 2.71. The molecule has 0 unspecified atom stereocenters. The number of allylic oxidation sites excluding steroid dienone is 2.